The highest BCUT2D eigenvalue weighted by Gasteiger charge is 2.17. The van der Waals surface area contributed by atoms with Crippen molar-refractivity contribution in [2.45, 2.75) is 26.4 Å². The number of benzene rings is 3. The van der Waals surface area contributed by atoms with E-state index in [4.69, 9.17) is 23.7 Å². The highest BCUT2D eigenvalue weighted by molar-refractivity contribution is 5.44. The van der Waals surface area contributed by atoms with Gasteiger partial charge in [-0.1, -0.05) is 6.07 Å². The molecule has 1 aliphatic rings. The van der Waals surface area contributed by atoms with Gasteiger partial charge in [0.1, 0.15) is 30.3 Å². The van der Waals surface area contributed by atoms with Crippen molar-refractivity contribution < 1.29 is 28.6 Å². The van der Waals surface area contributed by atoms with Crippen molar-refractivity contribution in [2.24, 2.45) is 0 Å². The first-order valence-corrected chi connectivity index (χ1v) is 11.3. The molecule has 3 aromatic rings. The summed E-state index contributed by atoms with van der Waals surface area (Å²) in [4.78, 5) is 1.42. The summed E-state index contributed by atoms with van der Waals surface area (Å²) >= 11 is 0. The molecule has 6 heteroatoms. The molecule has 0 fully saturated rings. The van der Waals surface area contributed by atoms with Crippen LogP contribution in [0.1, 0.15) is 23.6 Å². The zero-order valence-electron chi connectivity index (χ0n) is 19.6. The van der Waals surface area contributed by atoms with E-state index in [1.807, 2.05) is 37.3 Å². The lowest BCUT2D eigenvalue weighted by atomic mass is 10.1. The van der Waals surface area contributed by atoms with Crippen LogP contribution in [0.5, 0.6) is 28.7 Å². The largest absolute Gasteiger partial charge is 0.497 e. The van der Waals surface area contributed by atoms with E-state index in [2.05, 4.69) is 30.3 Å². The molecule has 0 bridgehead atoms. The zero-order chi connectivity index (χ0) is 23.0. The van der Waals surface area contributed by atoms with Gasteiger partial charge in [-0.25, -0.2) is 0 Å². The van der Waals surface area contributed by atoms with Crippen LogP contribution in [0.25, 0.3) is 0 Å². The van der Waals surface area contributed by atoms with Crippen LogP contribution in [-0.2, 0) is 19.5 Å². The summed E-state index contributed by atoms with van der Waals surface area (Å²) in [6, 6.07) is 20.6. The van der Waals surface area contributed by atoms with Crippen molar-refractivity contribution in [3.05, 3.63) is 77.4 Å². The number of rotatable bonds is 11. The topological polar surface area (TPSA) is 50.6 Å². The van der Waals surface area contributed by atoms with Gasteiger partial charge in [0.2, 0.25) is 6.79 Å². The Morgan fingerprint density at radius 1 is 0.788 bits per heavy atom. The van der Waals surface area contributed by atoms with E-state index >= 15 is 0 Å². The van der Waals surface area contributed by atoms with Gasteiger partial charge in [0.15, 0.2) is 11.5 Å². The standard InChI is InChI=1S/C27H31NO5/c1-4-31-23-8-5-21(6-9-23)17-28(18-22-16-24(29-2)10-12-25(22)30-3)14-13-20-7-11-26-27(15-20)33-19-32-26/h5-12,15-16H,4,13-14,17-19H2,1-3H3/p+1. The predicted octanol–water partition coefficient (Wildman–Crippen LogP) is 3.66. The Morgan fingerprint density at radius 2 is 1.55 bits per heavy atom. The lowest BCUT2D eigenvalue weighted by Crippen LogP contribution is -3.09. The summed E-state index contributed by atoms with van der Waals surface area (Å²) < 4.78 is 27.7. The van der Waals surface area contributed by atoms with Gasteiger partial charge in [0.05, 0.1) is 32.9 Å². The molecule has 1 heterocycles. The minimum Gasteiger partial charge on any atom is -0.497 e. The molecule has 0 spiro atoms. The summed E-state index contributed by atoms with van der Waals surface area (Å²) in [5, 5.41) is 0. The smallest absolute Gasteiger partial charge is 0.231 e. The summed E-state index contributed by atoms with van der Waals surface area (Å²) in [6.07, 6.45) is 0.926. The van der Waals surface area contributed by atoms with Gasteiger partial charge in [0, 0.05) is 12.0 Å². The molecule has 1 N–H and O–H groups in total. The average molecular weight is 451 g/mol. The van der Waals surface area contributed by atoms with Gasteiger partial charge >= 0.3 is 0 Å². The summed E-state index contributed by atoms with van der Waals surface area (Å²) in [7, 11) is 3.40. The Labute approximate surface area is 195 Å². The van der Waals surface area contributed by atoms with Crippen molar-refractivity contribution in [3.8, 4) is 28.7 Å². The van der Waals surface area contributed by atoms with Gasteiger partial charge in [0.25, 0.3) is 0 Å². The molecule has 0 saturated carbocycles. The van der Waals surface area contributed by atoms with Gasteiger partial charge in [-0.05, 0) is 67.1 Å². The first-order chi connectivity index (χ1) is 16.2. The van der Waals surface area contributed by atoms with Crippen LogP contribution < -0.4 is 28.6 Å². The van der Waals surface area contributed by atoms with E-state index in [1.54, 1.807) is 14.2 Å². The zero-order valence-corrected chi connectivity index (χ0v) is 19.6. The first kappa shape index (κ1) is 22.8. The van der Waals surface area contributed by atoms with Crippen LogP contribution in [-0.4, -0.2) is 34.2 Å². The third-order valence-electron chi connectivity index (χ3n) is 5.82. The molecule has 0 radical (unpaired) electrons. The lowest BCUT2D eigenvalue weighted by molar-refractivity contribution is -0.927. The summed E-state index contributed by atoms with van der Waals surface area (Å²) in [6.45, 7) is 5.62. The van der Waals surface area contributed by atoms with E-state index in [0.29, 0.717) is 13.4 Å². The molecule has 4 rings (SSSR count). The fourth-order valence-electron chi connectivity index (χ4n) is 4.11. The van der Waals surface area contributed by atoms with E-state index in [0.717, 1.165) is 60.4 Å². The fourth-order valence-corrected chi connectivity index (χ4v) is 4.11. The first-order valence-electron chi connectivity index (χ1n) is 11.3. The second-order valence-electron chi connectivity index (χ2n) is 8.05. The molecular weight excluding hydrogens is 418 g/mol. The third-order valence-corrected chi connectivity index (χ3v) is 5.82. The minimum absolute atomic E-state index is 0.295. The van der Waals surface area contributed by atoms with Gasteiger partial charge in [-0.2, -0.15) is 0 Å². The fraction of sp³-hybridized carbons (Fsp3) is 0.333. The number of fused-ring (bicyclic) bond motifs is 1. The number of hydrogen-bond donors (Lipinski definition) is 1. The Bertz CT molecular complexity index is 1050. The second-order valence-corrected chi connectivity index (χ2v) is 8.05. The average Bonchev–Trinajstić information content (AvgIpc) is 3.32. The van der Waals surface area contributed by atoms with Crippen LogP contribution in [0.4, 0.5) is 0 Å². The number of nitrogens with one attached hydrogen (secondary N) is 1. The van der Waals surface area contributed by atoms with Crippen LogP contribution in [0.2, 0.25) is 0 Å². The maximum atomic E-state index is 5.64. The van der Waals surface area contributed by atoms with Crippen molar-refractivity contribution >= 4 is 0 Å². The van der Waals surface area contributed by atoms with Crippen LogP contribution >= 0.6 is 0 Å². The molecule has 6 nitrogen and oxygen atoms in total. The molecule has 1 atom stereocenters. The monoisotopic (exact) mass is 450 g/mol. The van der Waals surface area contributed by atoms with Gasteiger partial charge in [-0.3, -0.25) is 0 Å². The molecule has 3 aromatic carbocycles. The van der Waals surface area contributed by atoms with E-state index < -0.39 is 0 Å². The molecule has 1 unspecified atom stereocenters. The molecule has 174 valence electrons. The van der Waals surface area contributed by atoms with E-state index in [-0.39, 0.29) is 0 Å². The molecule has 1 aliphatic heterocycles. The number of methoxy groups -OCH3 is 2. The third kappa shape index (κ3) is 5.90. The van der Waals surface area contributed by atoms with Crippen LogP contribution in [0, 0.1) is 0 Å². The Kier molecular flexibility index (Phi) is 7.58. The summed E-state index contributed by atoms with van der Waals surface area (Å²) in [5.41, 5.74) is 3.63. The predicted molar refractivity (Wildman–Crippen MR) is 127 cm³/mol. The molecular formula is C27H32NO5+. The van der Waals surface area contributed by atoms with Crippen LogP contribution in [0.15, 0.2) is 60.7 Å². The van der Waals surface area contributed by atoms with Crippen molar-refractivity contribution in [3.63, 3.8) is 0 Å². The highest BCUT2D eigenvalue weighted by Crippen LogP contribution is 2.32. The minimum atomic E-state index is 0.295. The normalized spacial score (nSPS) is 12.9. The molecule has 0 amide bonds. The van der Waals surface area contributed by atoms with Crippen molar-refractivity contribution in [2.75, 3.05) is 34.2 Å². The quantitative estimate of drug-likeness (QED) is 0.483. The molecule has 0 aromatic heterocycles. The highest BCUT2D eigenvalue weighted by atomic mass is 16.7. The molecule has 0 aliphatic carbocycles. The Balaban J connectivity index is 1.52. The van der Waals surface area contributed by atoms with Crippen molar-refractivity contribution in [1.82, 2.24) is 0 Å². The Hall–Kier alpha value is -3.38. The lowest BCUT2D eigenvalue weighted by Gasteiger charge is -2.21. The van der Waals surface area contributed by atoms with E-state index in [1.165, 1.54) is 16.0 Å². The van der Waals surface area contributed by atoms with Crippen LogP contribution in [0.3, 0.4) is 0 Å². The Morgan fingerprint density at radius 3 is 2.30 bits per heavy atom. The van der Waals surface area contributed by atoms with Gasteiger partial charge in [-0.15, -0.1) is 0 Å². The number of hydrogen-bond acceptors (Lipinski definition) is 5. The maximum Gasteiger partial charge on any atom is 0.231 e. The summed E-state index contributed by atoms with van der Waals surface area (Å²) in [5.74, 6) is 4.26. The SMILES string of the molecule is CCOc1ccc(C[NH+](CCc2ccc3c(c2)OCO3)Cc2cc(OC)ccc2OC)cc1. The molecule has 33 heavy (non-hydrogen) atoms. The van der Waals surface area contributed by atoms with Gasteiger partial charge < -0.3 is 28.6 Å². The number of ether oxygens (including phenoxy) is 5. The molecule has 0 saturated heterocycles. The maximum absolute atomic E-state index is 5.64. The number of quaternary nitrogens is 1. The van der Waals surface area contributed by atoms with E-state index in [9.17, 15) is 0 Å². The second kappa shape index (κ2) is 11.0. The van der Waals surface area contributed by atoms with Crippen molar-refractivity contribution in [1.29, 1.82) is 0 Å².